The van der Waals surface area contributed by atoms with E-state index < -0.39 is 6.10 Å². The maximum atomic E-state index is 10.5. The molecule has 2 aromatic rings. The van der Waals surface area contributed by atoms with Crippen LogP contribution in [0.5, 0.6) is 11.5 Å². The number of aromatic nitrogens is 1. The van der Waals surface area contributed by atoms with E-state index in [9.17, 15) is 5.11 Å². The molecule has 0 saturated heterocycles. The summed E-state index contributed by atoms with van der Waals surface area (Å²) in [6.07, 6.45) is 1.80. The van der Waals surface area contributed by atoms with Gasteiger partial charge in [-0.25, -0.2) is 0 Å². The first-order valence-electron chi connectivity index (χ1n) is 6.75. The summed E-state index contributed by atoms with van der Waals surface area (Å²) in [6, 6.07) is 9.33. The van der Waals surface area contributed by atoms with E-state index >= 15 is 0 Å². The van der Waals surface area contributed by atoms with Crippen molar-refractivity contribution in [1.82, 2.24) is 4.98 Å². The summed E-state index contributed by atoms with van der Waals surface area (Å²) in [7, 11) is 0. The van der Waals surface area contributed by atoms with Crippen molar-refractivity contribution >= 4 is 0 Å². The molecule has 0 saturated carbocycles. The maximum Gasteiger partial charge on any atom is 0.161 e. The Morgan fingerprint density at radius 1 is 1.15 bits per heavy atom. The zero-order valence-corrected chi connectivity index (χ0v) is 11.4. The van der Waals surface area contributed by atoms with Gasteiger partial charge in [0.05, 0.1) is 18.9 Å². The molecule has 20 heavy (non-hydrogen) atoms. The van der Waals surface area contributed by atoms with E-state index in [1.165, 1.54) is 0 Å². The molecule has 3 rings (SSSR count). The predicted molar refractivity (Wildman–Crippen MR) is 75.1 cm³/mol. The summed E-state index contributed by atoms with van der Waals surface area (Å²) in [5.41, 5.74) is 2.39. The zero-order chi connectivity index (χ0) is 13.9. The van der Waals surface area contributed by atoms with Crippen molar-refractivity contribution in [2.24, 2.45) is 0 Å². The van der Waals surface area contributed by atoms with Crippen LogP contribution in [0.2, 0.25) is 0 Å². The van der Waals surface area contributed by atoms with Gasteiger partial charge in [0.25, 0.3) is 0 Å². The number of rotatable bonds is 2. The first kappa shape index (κ1) is 12.9. The van der Waals surface area contributed by atoms with Gasteiger partial charge in [-0.15, -0.1) is 0 Å². The van der Waals surface area contributed by atoms with Crippen molar-refractivity contribution in [3.8, 4) is 11.5 Å². The lowest BCUT2D eigenvalue weighted by Crippen LogP contribution is -2.05. The molecule has 1 N–H and O–H groups in total. The molecule has 0 amide bonds. The lowest BCUT2D eigenvalue weighted by Gasteiger charge is -2.15. The Balaban J connectivity index is 1.94. The average molecular weight is 271 g/mol. The van der Waals surface area contributed by atoms with Crippen molar-refractivity contribution in [1.29, 1.82) is 0 Å². The van der Waals surface area contributed by atoms with Crippen LogP contribution in [0, 0.1) is 6.92 Å². The van der Waals surface area contributed by atoms with Crippen LogP contribution in [-0.2, 0) is 0 Å². The van der Waals surface area contributed by atoms with Crippen LogP contribution in [0.1, 0.15) is 29.3 Å². The number of hydrogen-bond donors (Lipinski definition) is 1. The molecule has 0 spiro atoms. The molecular weight excluding hydrogens is 254 g/mol. The lowest BCUT2D eigenvalue weighted by atomic mass is 10.0. The van der Waals surface area contributed by atoms with Gasteiger partial charge in [0.15, 0.2) is 11.5 Å². The van der Waals surface area contributed by atoms with E-state index in [0.717, 1.165) is 23.3 Å². The van der Waals surface area contributed by atoms with Crippen LogP contribution >= 0.6 is 0 Å². The molecule has 1 aliphatic heterocycles. The first-order chi connectivity index (χ1) is 9.75. The fraction of sp³-hybridized carbons (Fsp3) is 0.312. The Labute approximate surface area is 118 Å². The van der Waals surface area contributed by atoms with E-state index in [-0.39, 0.29) is 0 Å². The fourth-order valence-corrected chi connectivity index (χ4v) is 2.29. The molecule has 0 aliphatic carbocycles. The van der Waals surface area contributed by atoms with E-state index in [2.05, 4.69) is 4.98 Å². The summed E-state index contributed by atoms with van der Waals surface area (Å²) in [5, 5.41) is 10.5. The highest BCUT2D eigenvalue weighted by molar-refractivity contribution is 5.45. The second kappa shape index (κ2) is 5.51. The standard InChI is InChI=1S/C16H17NO3/c1-11-4-2-7-17-15(11)16(18)12-5-6-13-14(10-12)20-9-3-8-19-13/h2,4-7,10,16,18H,3,8-9H2,1H3. The number of ether oxygens (including phenoxy) is 2. The summed E-state index contributed by atoms with van der Waals surface area (Å²) in [4.78, 5) is 4.26. The van der Waals surface area contributed by atoms with Gasteiger partial charge in [0.2, 0.25) is 0 Å². The minimum absolute atomic E-state index is 0.634. The monoisotopic (exact) mass is 271 g/mol. The van der Waals surface area contributed by atoms with Crippen molar-refractivity contribution in [2.75, 3.05) is 13.2 Å². The topological polar surface area (TPSA) is 51.6 Å². The molecule has 4 heteroatoms. The van der Waals surface area contributed by atoms with E-state index in [1.54, 1.807) is 6.20 Å². The Morgan fingerprint density at radius 3 is 2.75 bits per heavy atom. The van der Waals surface area contributed by atoms with Crippen molar-refractivity contribution in [3.63, 3.8) is 0 Å². The van der Waals surface area contributed by atoms with Crippen LogP contribution < -0.4 is 9.47 Å². The molecule has 4 nitrogen and oxygen atoms in total. The number of benzene rings is 1. The highest BCUT2D eigenvalue weighted by atomic mass is 16.5. The molecule has 0 fully saturated rings. The molecule has 1 atom stereocenters. The SMILES string of the molecule is Cc1cccnc1C(O)c1ccc2c(c1)OCCCO2. The average Bonchev–Trinajstić information content (AvgIpc) is 2.71. The Kier molecular flexibility index (Phi) is 3.56. The molecule has 2 heterocycles. The molecule has 0 radical (unpaired) electrons. The fourth-order valence-electron chi connectivity index (χ4n) is 2.29. The van der Waals surface area contributed by atoms with Crippen molar-refractivity contribution < 1.29 is 14.6 Å². The van der Waals surface area contributed by atoms with Crippen LogP contribution in [0.3, 0.4) is 0 Å². The van der Waals surface area contributed by atoms with Gasteiger partial charge in [-0.1, -0.05) is 12.1 Å². The normalized spacial score (nSPS) is 15.5. The smallest absolute Gasteiger partial charge is 0.161 e. The number of hydrogen-bond acceptors (Lipinski definition) is 4. The van der Waals surface area contributed by atoms with E-state index in [0.29, 0.717) is 24.7 Å². The molecular formula is C16H17NO3. The van der Waals surface area contributed by atoms with Crippen LogP contribution in [-0.4, -0.2) is 23.3 Å². The van der Waals surface area contributed by atoms with Crippen LogP contribution in [0.15, 0.2) is 36.5 Å². The second-order valence-corrected chi connectivity index (χ2v) is 4.86. The second-order valence-electron chi connectivity index (χ2n) is 4.86. The largest absolute Gasteiger partial charge is 0.490 e. The van der Waals surface area contributed by atoms with Gasteiger partial charge in [0.1, 0.15) is 6.10 Å². The number of nitrogens with zero attached hydrogens (tertiary/aromatic N) is 1. The van der Waals surface area contributed by atoms with Gasteiger partial charge in [0, 0.05) is 12.6 Å². The minimum Gasteiger partial charge on any atom is -0.490 e. The Morgan fingerprint density at radius 2 is 1.95 bits per heavy atom. The molecule has 104 valence electrons. The van der Waals surface area contributed by atoms with Gasteiger partial charge in [-0.3, -0.25) is 4.98 Å². The number of aliphatic hydroxyl groups is 1. The summed E-state index contributed by atoms with van der Waals surface area (Å²) >= 11 is 0. The highest BCUT2D eigenvalue weighted by Crippen LogP contribution is 2.34. The Bertz CT molecular complexity index is 612. The van der Waals surface area contributed by atoms with E-state index in [4.69, 9.17) is 9.47 Å². The number of pyridine rings is 1. The number of aliphatic hydroxyl groups excluding tert-OH is 1. The maximum absolute atomic E-state index is 10.5. The van der Waals surface area contributed by atoms with Gasteiger partial charge < -0.3 is 14.6 Å². The van der Waals surface area contributed by atoms with Gasteiger partial charge in [-0.2, -0.15) is 0 Å². The summed E-state index contributed by atoms with van der Waals surface area (Å²) in [5.74, 6) is 1.42. The van der Waals surface area contributed by atoms with Crippen LogP contribution in [0.4, 0.5) is 0 Å². The lowest BCUT2D eigenvalue weighted by molar-refractivity contribution is 0.213. The third kappa shape index (κ3) is 2.47. The minimum atomic E-state index is -0.756. The van der Waals surface area contributed by atoms with Crippen molar-refractivity contribution in [2.45, 2.75) is 19.4 Å². The summed E-state index contributed by atoms with van der Waals surface area (Å²) < 4.78 is 11.2. The highest BCUT2D eigenvalue weighted by Gasteiger charge is 2.18. The molecule has 0 bridgehead atoms. The number of aryl methyl sites for hydroxylation is 1. The molecule has 1 aliphatic rings. The first-order valence-corrected chi connectivity index (χ1v) is 6.75. The van der Waals surface area contributed by atoms with Crippen LogP contribution in [0.25, 0.3) is 0 Å². The predicted octanol–water partition coefficient (Wildman–Crippen LogP) is 2.63. The zero-order valence-electron chi connectivity index (χ0n) is 11.4. The Hall–Kier alpha value is -2.07. The van der Waals surface area contributed by atoms with E-state index in [1.807, 2.05) is 37.3 Å². The molecule has 1 aromatic carbocycles. The quantitative estimate of drug-likeness (QED) is 0.912. The molecule has 1 unspecified atom stereocenters. The summed E-state index contributed by atoms with van der Waals surface area (Å²) in [6.45, 7) is 3.23. The number of fused-ring (bicyclic) bond motifs is 1. The van der Waals surface area contributed by atoms with Gasteiger partial charge >= 0.3 is 0 Å². The third-order valence-corrected chi connectivity index (χ3v) is 3.40. The van der Waals surface area contributed by atoms with Crippen molar-refractivity contribution in [3.05, 3.63) is 53.3 Å². The third-order valence-electron chi connectivity index (χ3n) is 3.40. The molecule has 1 aromatic heterocycles. The van der Waals surface area contributed by atoms with Gasteiger partial charge in [-0.05, 0) is 36.2 Å².